The third-order valence-electron chi connectivity index (χ3n) is 5.47. The first kappa shape index (κ1) is 18.8. The Morgan fingerprint density at radius 1 is 1.30 bits per heavy atom. The quantitative estimate of drug-likeness (QED) is 0.531. The molecule has 154 valence electrons. The van der Waals surface area contributed by atoms with Crippen LogP contribution in [0.2, 0.25) is 0 Å². The maximum Gasteiger partial charge on any atom is 0.264 e. The van der Waals surface area contributed by atoms with Gasteiger partial charge in [0.05, 0.1) is 27.3 Å². The van der Waals surface area contributed by atoms with Gasteiger partial charge in [0.25, 0.3) is 5.91 Å². The Morgan fingerprint density at radius 2 is 2.13 bits per heavy atom. The van der Waals surface area contributed by atoms with Gasteiger partial charge in [-0.15, -0.1) is 11.3 Å². The van der Waals surface area contributed by atoms with E-state index in [-0.39, 0.29) is 24.3 Å². The zero-order valence-corrected chi connectivity index (χ0v) is 17.8. The number of H-pyrrole nitrogens is 1. The molecule has 0 spiro atoms. The molecular formula is C21H22N6O2S. The first-order valence-electron chi connectivity index (χ1n) is 9.94. The van der Waals surface area contributed by atoms with Crippen molar-refractivity contribution in [2.24, 2.45) is 0 Å². The van der Waals surface area contributed by atoms with Crippen molar-refractivity contribution >= 4 is 39.0 Å². The van der Waals surface area contributed by atoms with Gasteiger partial charge in [-0.05, 0) is 36.1 Å². The minimum Gasteiger partial charge on any atom is -0.354 e. The zero-order chi connectivity index (χ0) is 21.0. The number of nitrogens with one attached hydrogen (secondary N) is 2. The molecule has 1 aliphatic heterocycles. The van der Waals surface area contributed by atoms with Crippen LogP contribution in [0.4, 0.5) is 0 Å². The molecule has 8 nitrogen and oxygen atoms in total. The second-order valence-corrected chi connectivity index (χ2v) is 8.99. The van der Waals surface area contributed by atoms with Crippen LogP contribution in [0.15, 0.2) is 24.7 Å². The molecule has 2 N–H and O–H groups in total. The summed E-state index contributed by atoms with van der Waals surface area (Å²) in [5, 5.41) is 7.05. The number of thiophene rings is 1. The summed E-state index contributed by atoms with van der Waals surface area (Å²) in [6.07, 6.45) is 3.54. The highest BCUT2D eigenvalue weighted by molar-refractivity contribution is 7.21. The number of carbonyl (C=O) groups excluding carboxylic acids is 2. The van der Waals surface area contributed by atoms with E-state index < -0.39 is 0 Å². The number of hydrogen-bond donors (Lipinski definition) is 2. The van der Waals surface area contributed by atoms with Gasteiger partial charge in [-0.1, -0.05) is 13.8 Å². The van der Waals surface area contributed by atoms with E-state index in [2.05, 4.69) is 40.3 Å². The number of hydrogen-bond acceptors (Lipinski definition) is 5. The van der Waals surface area contributed by atoms with Gasteiger partial charge in [-0.3, -0.25) is 9.59 Å². The molecule has 4 aromatic rings. The highest BCUT2D eigenvalue weighted by atomic mass is 32.1. The minimum absolute atomic E-state index is 0.0874. The fraction of sp³-hybridized carbons (Fsp3) is 0.333. The van der Waals surface area contributed by atoms with Gasteiger partial charge in [0.1, 0.15) is 6.33 Å². The Bertz CT molecular complexity index is 1300. The van der Waals surface area contributed by atoms with E-state index in [1.165, 1.54) is 16.9 Å². The number of piperazine rings is 1. The molecule has 30 heavy (non-hydrogen) atoms. The van der Waals surface area contributed by atoms with Crippen molar-refractivity contribution in [2.75, 3.05) is 19.6 Å². The number of fused-ring (bicyclic) bond motifs is 2. The Balaban J connectivity index is 1.59. The van der Waals surface area contributed by atoms with Crippen molar-refractivity contribution in [3.63, 3.8) is 0 Å². The van der Waals surface area contributed by atoms with Crippen molar-refractivity contribution in [3.05, 3.63) is 40.7 Å². The number of aromatic nitrogens is 4. The topological polar surface area (TPSA) is 95.4 Å². The number of rotatable bonds is 3. The van der Waals surface area contributed by atoms with Gasteiger partial charge in [0, 0.05) is 24.8 Å². The van der Waals surface area contributed by atoms with Gasteiger partial charge in [-0.2, -0.15) is 5.10 Å². The maximum atomic E-state index is 12.9. The average Bonchev–Trinajstić information content (AvgIpc) is 3.40. The number of aryl methyl sites for hydroxylation is 1. The highest BCUT2D eigenvalue weighted by Crippen LogP contribution is 2.40. The van der Waals surface area contributed by atoms with Crippen LogP contribution in [-0.2, 0) is 4.79 Å². The summed E-state index contributed by atoms with van der Waals surface area (Å²) in [7, 11) is 0. The monoisotopic (exact) mass is 422 g/mol. The maximum absolute atomic E-state index is 12.9. The zero-order valence-electron chi connectivity index (χ0n) is 17.0. The van der Waals surface area contributed by atoms with E-state index in [1.807, 2.05) is 19.2 Å². The third-order valence-corrected chi connectivity index (χ3v) is 6.62. The fourth-order valence-corrected chi connectivity index (χ4v) is 5.36. The standard InChI is InChI=1S/C21H22N6O2S/c1-11(2)17-18(13-6-12(3)20-23-10-24-27(20)8-13)25-14-7-15(30-19(14)17)21(29)26-5-4-22-16(28)9-26/h6-8,10-11,25H,4-5,9H2,1-3H3,(H,22,28). The largest absolute Gasteiger partial charge is 0.354 e. The van der Waals surface area contributed by atoms with Crippen molar-refractivity contribution in [1.29, 1.82) is 0 Å². The Kier molecular flexibility index (Phi) is 4.35. The van der Waals surface area contributed by atoms with Gasteiger partial charge in [0.15, 0.2) is 5.65 Å². The van der Waals surface area contributed by atoms with E-state index in [4.69, 9.17) is 0 Å². The predicted molar refractivity (Wildman–Crippen MR) is 116 cm³/mol. The molecule has 1 fully saturated rings. The molecule has 0 bridgehead atoms. The summed E-state index contributed by atoms with van der Waals surface area (Å²) in [5.41, 5.74) is 6.11. The Labute approximate surface area is 176 Å². The molecule has 1 aliphatic rings. The first-order chi connectivity index (χ1) is 14.4. The number of carbonyl (C=O) groups is 2. The normalized spacial score (nSPS) is 14.8. The molecule has 0 radical (unpaired) electrons. The summed E-state index contributed by atoms with van der Waals surface area (Å²) in [5.74, 6) is 0.0687. The second-order valence-electron chi connectivity index (χ2n) is 7.94. The molecule has 5 rings (SSSR count). The Hall–Kier alpha value is -3.20. The van der Waals surface area contributed by atoms with Crippen LogP contribution < -0.4 is 5.32 Å². The lowest BCUT2D eigenvalue weighted by Crippen LogP contribution is -2.49. The fourth-order valence-electron chi connectivity index (χ4n) is 4.08. The summed E-state index contributed by atoms with van der Waals surface area (Å²) in [4.78, 5) is 34.7. The minimum atomic E-state index is -0.110. The number of pyridine rings is 1. The molecule has 0 saturated carbocycles. The summed E-state index contributed by atoms with van der Waals surface area (Å²) >= 11 is 1.49. The van der Waals surface area contributed by atoms with Gasteiger partial charge < -0.3 is 15.2 Å². The average molecular weight is 423 g/mol. The van der Waals surface area contributed by atoms with Crippen LogP contribution in [0.3, 0.4) is 0 Å². The van der Waals surface area contributed by atoms with Crippen LogP contribution in [0.25, 0.3) is 27.1 Å². The van der Waals surface area contributed by atoms with E-state index in [0.29, 0.717) is 18.0 Å². The first-order valence-corrected chi connectivity index (χ1v) is 10.8. The number of nitrogens with zero attached hydrogens (tertiary/aromatic N) is 4. The lowest BCUT2D eigenvalue weighted by molar-refractivity contribution is -0.123. The predicted octanol–water partition coefficient (Wildman–Crippen LogP) is 2.94. The van der Waals surface area contributed by atoms with Crippen LogP contribution in [-0.4, -0.2) is 55.9 Å². The molecule has 0 aliphatic carbocycles. The summed E-state index contributed by atoms with van der Waals surface area (Å²) in [6, 6.07) is 4.02. The van der Waals surface area contributed by atoms with Crippen LogP contribution in [0.1, 0.15) is 40.6 Å². The smallest absolute Gasteiger partial charge is 0.264 e. The van der Waals surface area contributed by atoms with Crippen LogP contribution in [0, 0.1) is 6.92 Å². The highest BCUT2D eigenvalue weighted by Gasteiger charge is 2.26. The molecule has 0 atom stereocenters. The summed E-state index contributed by atoms with van der Waals surface area (Å²) < 4.78 is 2.88. The van der Waals surface area contributed by atoms with Crippen LogP contribution >= 0.6 is 11.3 Å². The van der Waals surface area contributed by atoms with E-state index >= 15 is 0 Å². The lowest BCUT2D eigenvalue weighted by atomic mass is 9.99. The van der Waals surface area contributed by atoms with Gasteiger partial charge in [-0.25, -0.2) is 9.50 Å². The molecule has 1 saturated heterocycles. The number of aromatic amines is 1. The molecule has 0 aromatic carbocycles. The van der Waals surface area contributed by atoms with E-state index in [9.17, 15) is 9.59 Å². The molecular weight excluding hydrogens is 400 g/mol. The van der Waals surface area contributed by atoms with Crippen LogP contribution in [0.5, 0.6) is 0 Å². The van der Waals surface area contributed by atoms with Crippen molar-refractivity contribution in [1.82, 2.24) is 29.8 Å². The molecule has 9 heteroatoms. The Morgan fingerprint density at radius 3 is 2.90 bits per heavy atom. The second kappa shape index (κ2) is 6.94. The SMILES string of the molecule is Cc1cc(-c2[nH]c3cc(C(=O)N4CCNC(=O)C4)sc3c2C(C)C)cn2ncnc12. The van der Waals surface area contributed by atoms with Crippen molar-refractivity contribution in [3.8, 4) is 11.3 Å². The van der Waals surface area contributed by atoms with Gasteiger partial charge in [0.2, 0.25) is 5.91 Å². The van der Waals surface area contributed by atoms with Crippen molar-refractivity contribution in [2.45, 2.75) is 26.7 Å². The molecule has 5 heterocycles. The molecule has 4 aromatic heterocycles. The van der Waals surface area contributed by atoms with Crippen molar-refractivity contribution < 1.29 is 9.59 Å². The lowest BCUT2D eigenvalue weighted by Gasteiger charge is -2.26. The van der Waals surface area contributed by atoms with Gasteiger partial charge >= 0.3 is 0 Å². The third kappa shape index (κ3) is 2.97. The van der Waals surface area contributed by atoms with E-state index in [0.717, 1.165) is 32.7 Å². The molecule has 2 amide bonds. The molecule has 0 unspecified atom stereocenters. The van der Waals surface area contributed by atoms with E-state index in [1.54, 1.807) is 15.7 Å². The summed E-state index contributed by atoms with van der Waals surface area (Å²) in [6.45, 7) is 7.49. The number of amides is 2.